The van der Waals surface area contributed by atoms with Crippen molar-refractivity contribution in [1.82, 2.24) is 4.98 Å². The minimum absolute atomic E-state index is 0.294. The summed E-state index contributed by atoms with van der Waals surface area (Å²) in [5.74, 6) is 1.22. The molecule has 0 saturated heterocycles. The van der Waals surface area contributed by atoms with Crippen molar-refractivity contribution in [3.05, 3.63) is 65.4 Å². The van der Waals surface area contributed by atoms with E-state index in [2.05, 4.69) is 54.4 Å². The van der Waals surface area contributed by atoms with Gasteiger partial charge in [-0.05, 0) is 56.1 Å². The Labute approximate surface area is 137 Å². The summed E-state index contributed by atoms with van der Waals surface area (Å²) < 4.78 is 5.61. The second-order valence-electron chi connectivity index (χ2n) is 5.93. The van der Waals surface area contributed by atoms with Crippen molar-refractivity contribution in [3.8, 4) is 5.75 Å². The number of rotatable bonds is 6. The maximum absolute atomic E-state index is 6.12. The lowest BCUT2D eigenvalue weighted by Gasteiger charge is -2.16. The first-order valence-electron chi connectivity index (χ1n) is 8.22. The third-order valence-electron chi connectivity index (χ3n) is 4.33. The molecule has 120 valence electrons. The van der Waals surface area contributed by atoms with Crippen LogP contribution in [0.5, 0.6) is 5.75 Å². The summed E-state index contributed by atoms with van der Waals surface area (Å²) >= 11 is 0. The van der Waals surface area contributed by atoms with Crippen molar-refractivity contribution < 1.29 is 4.74 Å². The lowest BCUT2D eigenvalue weighted by molar-refractivity contribution is 0.340. The number of hydrogen-bond acceptors (Lipinski definition) is 2. The summed E-state index contributed by atoms with van der Waals surface area (Å²) in [6.45, 7) is 5.45. The molecule has 1 atom stereocenters. The number of para-hydroxylation sites is 1. The zero-order valence-corrected chi connectivity index (χ0v) is 13.8. The number of aromatic nitrogens is 1. The van der Waals surface area contributed by atoms with E-state index < -0.39 is 0 Å². The van der Waals surface area contributed by atoms with Gasteiger partial charge in [0, 0.05) is 22.5 Å². The quantitative estimate of drug-likeness (QED) is 0.718. The highest BCUT2D eigenvalue weighted by molar-refractivity contribution is 5.85. The Hall–Kier alpha value is -2.26. The fraction of sp³-hybridized carbons (Fsp3) is 0.300. The zero-order valence-electron chi connectivity index (χ0n) is 13.8. The number of fused-ring (bicyclic) bond motifs is 1. The third-order valence-corrected chi connectivity index (χ3v) is 4.33. The molecule has 0 aliphatic heterocycles. The maximum atomic E-state index is 6.12. The van der Waals surface area contributed by atoms with Crippen molar-refractivity contribution in [3.63, 3.8) is 0 Å². The van der Waals surface area contributed by atoms with Crippen LogP contribution >= 0.6 is 0 Å². The average Bonchev–Trinajstić information content (AvgIpc) is 2.89. The summed E-state index contributed by atoms with van der Waals surface area (Å²) in [5.41, 5.74) is 11.1. The molecule has 0 radical (unpaired) electrons. The van der Waals surface area contributed by atoms with Crippen molar-refractivity contribution in [2.75, 3.05) is 13.2 Å². The number of hydrogen-bond donors (Lipinski definition) is 2. The molecule has 3 heteroatoms. The second kappa shape index (κ2) is 6.88. The lowest BCUT2D eigenvalue weighted by atomic mass is 9.90. The van der Waals surface area contributed by atoms with Crippen LogP contribution in [-0.4, -0.2) is 18.1 Å². The van der Waals surface area contributed by atoms with Gasteiger partial charge in [-0.15, -0.1) is 0 Å². The Morgan fingerprint density at radius 3 is 2.74 bits per heavy atom. The number of aromatic amines is 1. The monoisotopic (exact) mass is 308 g/mol. The first-order valence-corrected chi connectivity index (χ1v) is 8.22. The molecular weight excluding hydrogens is 284 g/mol. The van der Waals surface area contributed by atoms with Gasteiger partial charge in [-0.1, -0.05) is 30.3 Å². The maximum Gasteiger partial charge on any atom is 0.119 e. The van der Waals surface area contributed by atoms with Crippen LogP contribution in [0.3, 0.4) is 0 Å². The van der Waals surface area contributed by atoms with E-state index in [9.17, 15) is 0 Å². The number of aryl methyl sites for hydroxylation is 1. The Balaban J connectivity index is 1.93. The van der Waals surface area contributed by atoms with Crippen molar-refractivity contribution >= 4 is 10.9 Å². The Kier molecular flexibility index (Phi) is 4.68. The highest BCUT2D eigenvalue weighted by Crippen LogP contribution is 2.31. The smallest absolute Gasteiger partial charge is 0.119 e. The van der Waals surface area contributed by atoms with Gasteiger partial charge < -0.3 is 15.5 Å². The van der Waals surface area contributed by atoms with Gasteiger partial charge >= 0.3 is 0 Å². The Morgan fingerprint density at radius 2 is 1.96 bits per heavy atom. The minimum atomic E-state index is 0.294. The van der Waals surface area contributed by atoms with E-state index >= 15 is 0 Å². The average molecular weight is 308 g/mol. The molecular formula is C20H24N2O. The molecule has 0 fully saturated rings. The van der Waals surface area contributed by atoms with Gasteiger partial charge in [0.1, 0.15) is 5.75 Å². The van der Waals surface area contributed by atoms with Crippen LogP contribution < -0.4 is 10.5 Å². The van der Waals surface area contributed by atoms with E-state index in [-0.39, 0.29) is 0 Å². The fourth-order valence-electron chi connectivity index (χ4n) is 3.34. The molecule has 1 unspecified atom stereocenters. The number of benzene rings is 2. The lowest BCUT2D eigenvalue weighted by Crippen LogP contribution is -2.15. The molecule has 1 heterocycles. The van der Waals surface area contributed by atoms with Crippen LogP contribution in [-0.2, 0) is 6.42 Å². The summed E-state index contributed by atoms with van der Waals surface area (Å²) in [4.78, 5) is 3.48. The van der Waals surface area contributed by atoms with Crippen molar-refractivity contribution in [2.24, 2.45) is 5.73 Å². The molecule has 0 aliphatic rings. The van der Waals surface area contributed by atoms with Gasteiger partial charge in [0.2, 0.25) is 0 Å². The molecule has 3 nitrogen and oxygen atoms in total. The summed E-state index contributed by atoms with van der Waals surface area (Å²) in [7, 11) is 0. The van der Waals surface area contributed by atoms with E-state index in [0.29, 0.717) is 19.1 Å². The van der Waals surface area contributed by atoms with Gasteiger partial charge in [-0.25, -0.2) is 0 Å². The number of H-pyrrole nitrogens is 1. The fourth-order valence-corrected chi connectivity index (χ4v) is 3.34. The van der Waals surface area contributed by atoms with Crippen LogP contribution in [0.2, 0.25) is 0 Å². The van der Waals surface area contributed by atoms with E-state index in [4.69, 9.17) is 10.5 Å². The van der Waals surface area contributed by atoms with Gasteiger partial charge in [-0.2, -0.15) is 0 Å². The Bertz CT molecular complexity index is 791. The van der Waals surface area contributed by atoms with Gasteiger partial charge in [-0.3, -0.25) is 0 Å². The molecule has 0 saturated carbocycles. The Morgan fingerprint density at radius 1 is 1.13 bits per heavy atom. The molecule has 3 rings (SSSR count). The van der Waals surface area contributed by atoms with Crippen LogP contribution in [0.1, 0.15) is 29.7 Å². The predicted molar refractivity (Wildman–Crippen MR) is 96.1 cm³/mol. The largest absolute Gasteiger partial charge is 0.494 e. The van der Waals surface area contributed by atoms with Gasteiger partial charge in [0.05, 0.1) is 6.61 Å². The van der Waals surface area contributed by atoms with E-state index in [1.54, 1.807) is 0 Å². The second-order valence-corrected chi connectivity index (χ2v) is 5.93. The molecule has 1 aromatic heterocycles. The molecule has 0 amide bonds. The predicted octanol–water partition coefficient (Wildman–Crippen LogP) is 4.16. The highest BCUT2D eigenvalue weighted by atomic mass is 16.5. The zero-order chi connectivity index (χ0) is 16.2. The van der Waals surface area contributed by atoms with Gasteiger partial charge in [0.15, 0.2) is 0 Å². The first kappa shape index (κ1) is 15.6. The topological polar surface area (TPSA) is 51.0 Å². The first-order chi connectivity index (χ1) is 11.2. The molecule has 0 aliphatic carbocycles. The third kappa shape index (κ3) is 3.25. The van der Waals surface area contributed by atoms with Crippen molar-refractivity contribution in [2.45, 2.75) is 26.2 Å². The van der Waals surface area contributed by atoms with Gasteiger partial charge in [0.25, 0.3) is 0 Å². The summed E-state index contributed by atoms with van der Waals surface area (Å²) in [5, 5.41) is 1.28. The summed E-state index contributed by atoms with van der Waals surface area (Å²) in [6, 6.07) is 16.8. The van der Waals surface area contributed by atoms with Crippen LogP contribution in [0, 0.1) is 6.92 Å². The molecule has 0 bridgehead atoms. The highest BCUT2D eigenvalue weighted by Gasteiger charge is 2.18. The normalized spacial score (nSPS) is 12.5. The number of ether oxygens (including phenoxy) is 1. The minimum Gasteiger partial charge on any atom is -0.494 e. The number of nitrogens with two attached hydrogens (primary N) is 1. The number of nitrogens with one attached hydrogen (secondary N) is 1. The molecule has 3 N–H and O–H groups in total. The molecule has 0 spiro atoms. The van der Waals surface area contributed by atoms with Crippen LogP contribution in [0.4, 0.5) is 0 Å². The molecule has 3 aromatic rings. The SMILES string of the molecule is CCOc1cccc(CC(CN)c2c(C)[nH]c3ccccc23)c1. The van der Waals surface area contributed by atoms with Crippen molar-refractivity contribution in [1.29, 1.82) is 0 Å². The van der Waals surface area contributed by atoms with E-state index in [0.717, 1.165) is 12.2 Å². The van der Waals surface area contributed by atoms with E-state index in [1.165, 1.54) is 27.7 Å². The summed E-state index contributed by atoms with van der Waals surface area (Å²) in [6.07, 6.45) is 0.917. The van der Waals surface area contributed by atoms with Crippen LogP contribution in [0.25, 0.3) is 10.9 Å². The molecule has 23 heavy (non-hydrogen) atoms. The van der Waals surface area contributed by atoms with Crippen LogP contribution in [0.15, 0.2) is 48.5 Å². The van der Waals surface area contributed by atoms with E-state index in [1.807, 2.05) is 13.0 Å². The standard InChI is InChI=1S/C20H24N2O/c1-3-23-17-8-6-7-15(12-17)11-16(13-21)20-14(2)22-19-10-5-4-9-18(19)20/h4-10,12,16,22H,3,11,13,21H2,1-2H3. The molecule has 2 aromatic carbocycles.